The van der Waals surface area contributed by atoms with E-state index in [0.717, 1.165) is 43.4 Å². The number of aliphatic carboxylic acids is 1. The monoisotopic (exact) mass is 303 g/mol. The summed E-state index contributed by atoms with van der Waals surface area (Å²) in [6.07, 6.45) is 6.39. The van der Waals surface area contributed by atoms with Crippen LogP contribution in [-0.2, 0) is 11.8 Å². The predicted molar refractivity (Wildman–Crippen MR) is 78.5 cm³/mol. The number of aromatic nitrogens is 2. The Balaban J connectivity index is 1.46. The van der Waals surface area contributed by atoms with Gasteiger partial charge >= 0.3 is 5.97 Å². The van der Waals surface area contributed by atoms with Gasteiger partial charge in [-0.25, -0.2) is 0 Å². The van der Waals surface area contributed by atoms with Gasteiger partial charge in [-0.2, -0.15) is 5.10 Å². The van der Waals surface area contributed by atoms with Crippen molar-refractivity contribution in [3.05, 3.63) is 17.5 Å². The summed E-state index contributed by atoms with van der Waals surface area (Å²) < 4.78 is 1.83. The maximum atomic E-state index is 12.8. The summed E-state index contributed by atoms with van der Waals surface area (Å²) in [6, 6.07) is 0. The van der Waals surface area contributed by atoms with Crippen LogP contribution in [0.15, 0.2) is 6.20 Å². The predicted octanol–water partition coefficient (Wildman–Crippen LogP) is 1.62. The van der Waals surface area contributed by atoms with Crippen LogP contribution in [0, 0.1) is 11.3 Å². The van der Waals surface area contributed by atoms with E-state index in [4.69, 9.17) is 5.11 Å². The van der Waals surface area contributed by atoms with Crippen LogP contribution in [-0.4, -0.2) is 44.8 Å². The lowest BCUT2D eigenvalue weighted by atomic mass is 9.90. The van der Waals surface area contributed by atoms with Gasteiger partial charge in [0, 0.05) is 26.1 Å². The molecule has 6 nitrogen and oxygen atoms in total. The molecule has 3 fully saturated rings. The average Bonchev–Trinajstić information content (AvgIpc) is 3.40. The Morgan fingerprint density at radius 2 is 2.00 bits per heavy atom. The van der Waals surface area contributed by atoms with Crippen molar-refractivity contribution in [3.8, 4) is 0 Å². The first-order valence-electron chi connectivity index (χ1n) is 8.06. The van der Waals surface area contributed by atoms with Gasteiger partial charge in [-0.05, 0) is 37.5 Å². The number of carboxylic acid groups (broad SMARTS) is 1. The maximum Gasteiger partial charge on any atom is 0.307 e. The van der Waals surface area contributed by atoms with Gasteiger partial charge in [-0.3, -0.25) is 14.3 Å². The molecule has 1 aromatic heterocycles. The van der Waals surface area contributed by atoms with Gasteiger partial charge in [-0.15, -0.1) is 0 Å². The van der Waals surface area contributed by atoms with E-state index in [2.05, 4.69) is 5.10 Å². The minimum absolute atomic E-state index is 0.0309. The van der Waals surface area contributed by atoms with Crippen molar-refractivity contribution >= 4 is 11.9 Å². The number of amides is 1. The summed E-state index contributed by atoms with van der Waals surface area (Å²) >= 11 is 0. The average molecular weight is 303 g/mol. The van der Waals surface area contributed by atoms with Crippen molar-refractivity contribution in [1.29, 1.82) is 0 Å². The zero-order valence-electron chi connectivity index (χ0n) is 12.8. The number of hydrogen-bond acceptors (Lipinski definition) is 3. The molecule has 1 aliphatic heterocycles. The lowest BCUT2D eigenvalue weighted by Crippen LogP contribution is -2.40. The third-order valence-corrected chi connectivity index (χ3v) is 5.71. The van der Waals surface area contributed by atoms with E-state index in [1.165, 1.54) is 0 Å². The summed E-state index contributed by atoms with van der Waals surface area (Å²) in [7, 11) is 1.90. The number of carbonyl (C=O) groups excluding carboxylic acids is 1. The van der Waals surface area contributed by atoms with Crippen molar-refractivity contribution in [1.82, 2.24) is 14.7 Å². The minimum Gasteiger partial charge on any atom is -0.481 e. The Morgan fingerprint density at radius 1 is 1.32 bits per heavy atom. The molecule has 6 heteroatoms. The molecule has 0 radical (unpaired) electrons. The van der Waals surface area contributed by atoms with Crippen LogP contribution in [0.5, 0.6) is 0 Å². The van der Waals surface area contributed by atoms with E-state index in [1.807, 2.05) is 16.6 Å². The van der Waals surface area contributed by atoms with Gasteiger partial charge in [-0.1, -0.05) is 0 Å². The molecule has 3 aliphatic rings. The maximum absolute atomic E-state index is 12.8. The Labute approximate surface area is 129 Å². The normalized spacial score (nSPS) is 26.2. The molecule has 2 aliphatic carbocycles. The number of rotatable bonds is 3. The highest BCUT2D eigenvalue weighted by atomic mass is 16.4. The van der Waals surface area contributed by atoms with Crippen LogP contribution in [0.1, 0.15) is 54.1 Å². The van der Waals surface area contributed by atoms with Crippen molar-refractivity contribution in [2.45, 2.75) is 38.0 Å². The minimum atomic E-state index is -0.678. The third kappa shape index (κ3) is 2.04. The molecule has 1 saturated heterocycles. The Kier molecular flexibility index (Phi) is 2.86. The smallest absolute Gasteiger partial charge is 0.307 e. The van der Waals surface area contributed by atoms with Gasteiger partial charge in [0.15, 0.2) is 0 Å². The first-order chi connectivity index (χ1) is 10.5. The number of aryl methyl sites for hydroxylation is 1. The number of carboxylic acids is 1. The van der Waals surface area contributed by atoms with Crippen LogP contribution in [0.2, 0.25) is 0 Å². The highest BCUT2D eigenvalue weighted by Crippen LogP contribution is 2.59. The number of hydrogen-bond donors (Lipinski definition) is 1. The quantitative estimate of drug-likeness (QED) is 0.920. The van der Waals surface area contributed by atoms with Crippen molar-refractivity contribution in [2.24, 2.45) is 18.4 Å². The molecule has 22 heavy (non-hydrogen) atoms. The van der Waals surface area contributed by atoms with Crippen LogP contribution >= 0.6 is 0 Å². The molecular weight excluding hydrogens is 282 g/mol. The highest BCUT2D eigenvalue weighted by Gasteiger charge is 2.59. The fourth-order valence-corrected chi connectivity index (χ4v) is 4.03. The van der Waals surface area contributed by atoms with E-state index < -0.39 is 5.97 Å². The molecule has 1 N–H and O–H groups in total. The Morgan fingerprint density at radius 3 is 2.55 bits per heavy atom. The molecular formula is C16H21N3O3. The second-order valence-electron chi connectivity index (χ2n) is 7.09. The van der Waals surface area contributed by atoms with E-state index in [-0.39, 0.29) is 17.2 Å². The number of nitrogens with zero attached hydrogens (tertiary/aromatic N) is 3. The molecule has 4 rings (SSSR count). The summed E-state index contributed by atoms with van der Waals surface area (Å²) in [5.41, 5.74) is 1.78. The third-order valence-electron chi connectivity index (χ3n) is 5.71. The molecule has 1 amide bonds. The molecule has 118 valence electrons. The molecule has 1 spiro atoms. The fourth-order valence-electron chi connectivity index (χ4n) is 4.03. The SMILES string of the molecule is Cn1ncc(C(=O)N2CCC3(CC2)CC3C(=O)O)c1C1CC1. The number of carbonyl (C=O) groups is 2. The largest absolute Gasteiger partial charge is 0.481 e. The summed E-state index contributed by atoms with van der Waals surface area (Å²) in [6.45, 7) is 1.34. The summed E-state index contributed by atoms with van der Waals surface area (Å²) in [4.78, 5) is 25.8. The standard InChI is InChI=1S/C16H21N3O3/c1-18-13(10-2-3-10)11(9-17-18)14(20)19-6-4-16(5-7-19)8-12(16)15(21)22/h9-10,12H,2-8H2,1H3,(H,21,22). The molecule has 2 heterocycles. The van der Waals surface area contributed by atoms with E-state index in [0.29, 0.717) is 19.0 Å². The molecule has 1 atom stereocenters. The zero-order valence-corrected chi connectivity index (χ0v) is 12.8. The molecule has 0 aromatic carbocycles. The van der Waals surface area contributed by atoms with Gasteiger partial charge in [0.05, 0.1) is 23.4 Å². The first-order valence-corrected chi connectivity index (χ1v) is 8.06. The first kappa shape index (κ1) is 13.8. The fraction of sp³-hybridized carbons (Fsp3) is 0.688. The summed E-state index contributed by atoms with van der Waals surface area (Å²) in [5.74, 6) is -0.312. The van der Waals surface area contributed by atoms with Crippen LogP contribution in [0.4, 0.5) is 0 Å². The van der Waals surface area contributed by atoms with Crippen molar-refractivity contribution < 1.29 is 14.7 Å². The van der Waals surface area contributed by atoms with Gasteiger partial charge < -0.3 is 10.0 Å². The van der Waals surface area contributed by atoms with Gasteiger partial charge in [0.2, 0.25) is 0 Å². The molecule has 1 aromatic rings. The second kappa shape index (κ2) is 4.57. The van der Waals surface area contributed by atoms with Crippen LogP contribution < -0.4 is 0 Å². The second-order valence-corrected chi connectivity index (χ2v) is 7.09. The van der Waals surface area contributed by atoms with Crippen molar-refractivity contribution in [3.63, 3.8) is 0 Å². The number of likely N-dealkylation sites (tertiary alicyclic amines) is 1. The van der Waals surface area contributed by atoms with E-state index in [1.54, 1.807) is 6.20 Å². The highest BCUT2D eigenvalue weighted by molar-refractivity contribution is 5.95. The molecule has 0 bridgehead atoms. The number of piperidine rings is 1. The lowest BCUT2D eigenvalue weighted by molar-refractivity contribution is -0.139. The van der Waals surface area contributed by atoms with Crippen molar-refractivity contribution in [2.75, 3.05) is 13.1 Å². The van der Waals surface area contributed by atoms with Crippen LogP contribution in [0.25, 0.3) is 0 Å². The van der Waals surface area contributed by atoms with E-state index >= 15 is 0 Å². The lowest BCUT2D eigenvalue weighted by Gasteiger charge is -2.32. The Hall–Kier alpha value is -1.85. The van der Waals surface area contributed by atoms with E-state index in [9.17, 15) is 9.59 Å². The zero-order chi connectivity index (χ0) is 15.5. The molecule has 2 saturated carbocycles. The van der Waals surface area contributed by atoms with Gasteiger partial charge in [0.1, 0.15) is 0 Å². The Bertz CT molecular complexity index is 639. The topological polar surface area (TPSA) is 75.4 Å². The molecule has 1 unspecified atom stereocenters. The van der Waals surface area contributed by atoms with Gasteiger partial charge in [0.25, 0.3) is 5.91 Å². The summed E-state index contributed by atoms with van der Waals surface area (Å²) in [5, 5.41) is 13.4. The van der Waals surface area contributed by atoms with Crippen LogP contribution in [0.3, 0.4) is 0 Å².